The monoisotopic (exact) mass is 349 g/mol. The molecule has 0 spiro atoms. The van der Waals surface area contributed by atoms with Crippen molar-refractivity contribution in [1.82, 2.24) is 0 Å². The lowest BCUT2D eigenvalue weighted by atomic mass is 9.81. The molecule has 0 N–H and O–H groups in total. The molecule has 0 aliphatic heterocycles. The third-order valence-corrected chi connectivity index (χ3v) is 5.89. The second-order valence-electron chi connectivity index (χ2n) is 7.81. The van der Waals surface area contributed by atoms with Crippen molar-refractivity contribution in [3.8, 4) is 6.07 Å². The predicted molar refractivity (Wildman–Crippen MR) is 96.2 cm³/mol. The van der Waals surface area contributed by atoms with Crippen LogP contribution in [0.15, 0.2) is 11.9 Å². The van der Waals surface area contributed by atoms with E-state index in [1.54, 1.807) is 0 Å². The highest BCUT2D eigenvalue weighted by molar-refractivity contribution is 5.72. The number of halogens is 1. The summed E-state index contributed by atoms with van der Waals surface area (Å²) >= 11 is 0. The molecule has 0 aromatic heterocycles. The third kappa shape index (κ3) is 6.80. The lowest BCUT2D eigenvalue weighted by Gasteiger charge is -2.31. The van der Waals surface area contributed by atoms with Gasteiger partial charge in [0.2, 0.25) is 0 Å². The maximum absolute atomic E-state index is 13.0. The average molecular weight is 349 g/mol. The van der Waals surface area contributed by atoms with Crippen LogP contribution >= 0.6 is 0 Å². The van der Waals surface area contributed by atoms with Crippen LogP contribution in [-0.2, 0) is 9.53 Å². The van der Waals surface area contributed by atoms with Crippen molar-refractivity contribution in [3.63, 3.8) is 0 Å². The maximum Gasteiger partial charge on any atom is 0.309 e. The van der Waals surface area contributed by atoms with Crippen molar-refractivity contribution < 1.29 is 13.9 Å². The molecule has 2 saturated carbocycles. The molecule has 2 fully saturated rings. The number of nitrogens with zero attached hydrogens (tertiary/aromatic N) is 1. The smallest absolute Gasteiger partial charge is 0.309 e. The second kappa shape index (κ2) is 10.6. The summed E-state index contributed by atoms with van der Waals surface area (Å²) in [5.41, 5.74) is 0. The molecule has 0 saturated heterocycles. The van der Waals surface area contributed by atoms with Gasteiger partial charge in [-0.05, 0) is 69.3 Å². The molecule has 25 heavy (non-hydrogen) atoms. The van der Waals surface area contributed by atoms with Gasteiger partial charge in [0, 0.05) is 0 Å². The van der Waals surface area contributed by atoms with Gasteiger partial charge >= 0.3 is 5.97 Å². The fourth-order valence-electron chi connectivity index (χ4n) is 4.25. The topological polar surface area (TPSA) is 50.1 Å². The molecule has 0 amide bonds. The van der Waals surface area contributed by atoms with E-state index in [2.05, 4.69) is 6.92 Å². The lowest BCUT2D eigenvalue weighted by molar-refractivity contribution is -0.157. The van der Waals surface area contributed by atoms with E-state index in [0.717, 1.165) is 44.4 Å². The van der Waals surface area contributed by atoms with Crippen molar-refractivity contribution in [2.45, 2.75) is 90.1 Å². The zero-order valence-corrected chi connectivity index (χ0v) is 15.5. The number of unbranched alkanes of at least 4 members (excludes halogenated alkanes) is 2. The molecular weight excluding hydrogens is 317 g/mol. The molecule has 140 valence electrons. The first-order valence-corrected chi connectivity index (χ1v) is 10.1. The molecule has 0 aromatic carbocycles. The van der Waals surface area contributed by atoms with Crippen molar-refractivity contribution in [3.05, 3.63) is 11.9 Å². The van der Waals surface area contributed by atoms with Crippen LogP contribution in [0, 0.1) is 29.1 Å². The van der Waals surface area contributed by atoms with Gasteiger partial charge in [-0.15, -0.1) is 0 Å². The average Bonchev–Trinajstić information content (AvgIpc) is 2.64. The summed E-state index contributed by atoms with van der Waals surface area (Å²) in [4.78, 5) is 12.4. The Morgan fingerprint density at radius 3 is 2.40 bits per heavy atom. The van der Waals surface area contributed by atoms with E-state index in [1.165, 1.54) is 50.7 Å². The molecule has 2 aliphatic carbocycles. The predicted octanol–water partition coefficient (Wildman–Crippen LogP) is 5.85. The fraction of sp³-hybridized carbons (Fsp3) is 0.810. The van der Waals surface area contributed by atoms with Crippen molar-refractivity contribution in [2.75, 3.05) is 0 Å². The summed E-state index contributed by atoms with van der Waals surface area (Å²) in [7, 11) is 0. The Morgan fingerprint density at radius 2 is 1.80 bits per heavy atom. The van der Waals surface area contributed by atoms with Crippen LogP contribution in [0.3, 0.4) is 0 Å². The zero-order valence-electron chi connectivity index (χ0n) is 15.5. The first kappa shape index (κ1) is 19.9. The van der Waals surface area contributed by atoms with E-state index in [-0.39, 0.29) is 23.9 Å². The van der Waals surface area contributed by atoms with Crippen molar-refractivity contribution in [2.24, 2.45) is 17.8 Å². The van der Waals surface area contributed by atoms with Crippen molar-refractivity contribution >= 4 is 5.97 Å². The number of esters is 1. The number of carbonyl (C=O) groups is 1. The number of rotatable bonds is 7. The highest BCUT2D eigenvalue weighted by atomic mass is 19.1. The molecule has 0 aromatic rings. The van der Waals surface area contributed by atoms with Gasteiger partial charge in [0.05, 0.1) is 5.92 Å². The number of hydrogen-bond acceptors (Lipinski definition) is 3. The zero-order chi connectivity index (χ0) is 18.1. The minimum absolute atomic E-state index is 0.0444. The second-order valence-corrected chi connectivity index (χ2v) is 7.81. The third-order valence-electron chi connectivity index (χ3n) is 5.89. The number of ether oxygens (including phenoxy) is 1. The van der Waals surface area contributed by atoms with Gasteiger partial charge in [-0.3, -0.25) is 4.79 Å². The molecule has 4 heteroatoms. The molecular formula is C21H32FNO2. The Bertz CT molecular complexity index is 481. The van der Waals surface area contributed by atoms with Gasteiger partial charge in [-0.25, -0.2) is 0 Å². The normalized spacial score (nSPS) is 30.5. The van der Waals surface area contributed by atoms with E-state index < -0.39 is 5.83 Å². The number of nitriles is 1. The van der Waals surface area contributed by atoms with E-state index in [4.69, 9.17) is 10.00 Å². The van der Waals surface area contributed by atoms with Crippen LogP contribution in [0.2, 0.25) is 0 Å². The van der Waals surface area contributed by atoms with Gasteiger partial charge in [-0.2, -0.15) is 9.65 Å². The summed E-state index contributed by atoms with van der Waals surface area (Å²) in [6.45, 7) is 2.24. The molecule has 0 unspecified atom stereocenters. The van der Waals surface area contributed by atoms with E-state index in [9.17, 15) is 9.18 Å². The Hall–Kier alpha value is -1.37. The quantitative estimate of drug-likeness (QED) is 0.329. The molecule has 3 nitrogen and oxygen atoms in total. The molecule has 0 radical (unpaired) electrons. The summed E-state index contributed by atoms with van der Waals surface area (Å²) < 4.78 is 18.8. The van der Waals surface area contributed by atoms with Crippen LogP contribution in [0.4, 0.5) is 4.39 Å². The summed E-state index contributed by atoms with van der Waals surface area (Å²) in [5.74, 6) is 0.0948. The van der Waals surface area contributed by atoms with E-state index in [1.807, 2.05) is 0 Å². The maximum atomic E-state index is 13.0. The van der Waals surface area contributed by atoms with Crippen LogP contribution in [0.1, 0.15) is 84.0 Å². The Balaban J connectivity index is 1.66. The van der Waals surface area contributed by atoms with Gasteiger partial charge in [0.25, 0.3) is 0 Å². The van der Waals surface area contributed by atoms with Crippen LogP contribution < -0.4 is 0 Å². The van der Waals surface area contributed by atoms with Gasteiger partial charge in [0.1, 0.15) is 12.2 Å². The number of hydrogen-bond donors (Lipinski definition) is 0. The minimum Gasteiger partial charge on any atom is -0.462 e. The summed E-state index contributed by atoms with van der Waals surface area (Å²) in [6.07, 6.45) is 14.2. The van der Waals surface area contributed by atoms with Gasteiger partial charge in [0.15, 0.2) is 5.83 Å². The lowest BCUT2D eigenvalue weighted by Crippen LogP contribution is -2.30. The van der Waals surface area contributed by atoms with Crippen molar-refractivity contribution in [1.29, 1.82) is 5.26 Å². The standard InChI is InChI=1S/C21H32FNO2/c1-2-3-4-5-16-8-12-20(13-9-16)25-21(24)18-10-6-17(7-11-18)14-19(22)15-23/h14,16-18,20H,2-13H2,1H3/b19-14+. The number of carbonyl (C=O) groups excluding carboxylic acids is 1. The highest BCUT2D eigenvalue weighted by Gasteiger charge is 2.30. The Labute approximate surface area is 151 Å². The summed E-state index contributed by atoms with van der Waals surface area (Å²) in [5, 5.41) is 8.50. The number of allylic oxidation sites excluding steroid dienone is 2. The molecule has 2 rings (SSSR count). The van der Waals surface area contributed by atoms with Crippen LogP contribution in [0.5, 0.6) is 0 Å². The van der Waals surface area contributed by atoms with Crippen LogP contribution in [0.25, 0.3) is 0 Å². The van der Waals surface area contributed by atoms with E-state index >= 15 is 0 Å². The Kier molecular flexibility index (Phi) is 8.44. The van der Waals surface area contributed by atoms with E-state index in [0.29, 0.717) is 0 Å². The molecule has 0 bridgehead atoms. The first-order chi connectivity index (χ1) is 12.1. The fourth-order valence-corrected chi connectivity index (χ4v) is 4.25. The molecule has 0 heterocycles. The largest absolute Gasteiger partial charge is 0.462 e. The minimum atomic E-state index is -0.707. The first-order valence-electron chi connectivity index (χ1n) is 10.1. The SMILES string of the molecule is CCCCCC1CCC(OC(=O)C2CCC(/C=C(/F)C#N)CC2)CC1. The molecule has 2 aliphatic rings. The Morgan fingerprint density at radius 1 is 1.12 bits per heavy atom. The van der Waals surface area contributed by atoms with Gasteiger partial charge < -0.3 is 4.74 Å². The molecule has 0 atom stereocenters. The van der Waals surface area contributed by atoms with Gasteiger partial charge in [-0.1, -0.05) is 32.6 Å². The highest BCUT2D eigenvalue weighted by Crippen LogP contribution is 2.34. The summed E-state index contributed by atoms with van der Waals surface area (Å²) in [6, 6.07) is 1.52. The van der Waals surface area contributed by atoms with Crippen LogP contribution in [-0.4, -0.2) is 12.1 Å².